The molecule has 0 aliphatic heterocycles. The van der Waals surface area contributed by atoms with Gasteiger partial charge >= 0.3 is 36.3 Å². The Morgan fingerprint density at radius 1 is 1.14 bits per heavy atom. The van der Waals surface area contributed by atoms with E-state index < -0.39 is 7.82 Å². The van der Waals surface area contributed by atoms with Gasteiger partial charge in [0.15, 0.2) is 0 Å². The van der Waals surface area contributed by atoms with Gasteiger partial charge in [-0.15, -0.1) is 0 Å². The molecule has 0 aliphatic carbocycles. The Balaban J connectivity index is 0. The maximum atomic E-state index is 8.88. The molecule has 0 unspecified atom stereocenters. The Kier molecular flexibility index (Phi) is 7.64. The molecule has 5 nitrogen and oxygen atoms in total. The topological polar surface area (TPSA) is 94.8 Å². The van der Waals surface area contributed by atoms with E-state index >= 15 is 0 Å². The van der Waals surface area contributed by atoms with Gasteiger partial charge in [0.25, 0.3) is 0 Å². The molecule has 7 heteroatoms. The van der Waals surface area contributed by atoms with Gasteiger partial charge in [-0.25, -0.2) is 4.57 Å². The summed E-state index contributed by atoms with van der Waals surface area (Å²) in [7, 11) is -4.64. The zero-order valence-electron chi connectivity index (χ0n) is 3.11. The van der Waals surface area contributed by atoms with E-state index in [1.54, 1.807) is 0 Å². The van der Waals surface area contributed by atoms with Crippen LogP contribution in [0.4, 0.5) is 0 Å². The summed E-state index contributed by atoms with van der Waals surface area (Å²) in [5, 5.41) is 0. The summed E-state index contributed by atoms with van der Waals surface area (Å²) in [5.74, 6) is 0. The molecule has 0 heterocycles. The summed E-state index contributed by atoms with van der Waals surface area (Å²) in [5.41, 5.74) is 0. The summed E-state index contributed by atoms with van der Waals surface area (Å²) in [6, 6.07) is 0. The van der Waals surface area contributed by atoms with Gasteiger partial charge in [0.1, 0.15) is 0 Å². The zero-order valence-corrected chi connectivity index (χ0v) is 7.89. The van der Waals surface area contributed by atoms with Crippen LogP contribution in [0.15, 0.2) is 0 Å². The molecule has 42 valence electrons. The van der Waals surface area contributed by atoms with Gasteiger partial charge in [-0.3, -0.25) is 0 Å². The molecule has 0 amide bonds. The van der Waals surface area contributed by atoms with Crippen molar-refractivity contribution in [2.45, 2.75) is 0 Å². The van der Waals surface area contributed by atoms with E-state index in [2.05, 4.69) is 0 Å². The monoisotopic (exact) mass is 322 g/mol. The van der Waals surface area contributed by atoms with Crippen LogP contribution in [0, 0.1) is 0 Å². The molecule has 0 aromatic rings. The molecule has 3 N–H and O–H groups in total. The third-order valence-corrected chi connectivity index (χ3v) is 0. The second-order valence-corrected chi connectivity index (χ2v) is 1.54. The van der Waals surface area contributed by atoms with Crippen molar-refractivity contribution in [3.8, 4) is 0 Å². The molecule has 0 fully saturated rings. The molecule has 0 rings (SSSR count). The fraction of sp³-hybridized carbons (Fsp3) is 0. The van der Waals surface area contributed by atoms with Gasteiger partial charge in [0.05, 0.1) is 0 Å². The minimum absolute atomic E-state index is 0.0556. The Hall–Kier alpha value is 0.832. The Bertz CT molecular complexity index is 63.9. The number of rotatable bonds is 0. The molecule has 2 radical (unpaired) electrons. The van der Waals surface area contributed by atoms with Gasteiger partial charge in [0.2, 0.25) is 0 Å². The average molecular weight is 321 g/mol. The molecule has 0 atom stereocenters. The van der Waals surface area contributed by atoms with Crippen molar-refractivity contribution in [2.24, 2.45) is 0 Å². The Morgan fingerprint density at radius 3 is 1.14 bits per heavy atom. The summed E-state index contributed by atoms with van der Waals surface area (Å²) < 4.78 is 17.3. The third kappa shape index (κ3) is 230. The van der Waals surface area contributed by atoms with Gasteiger partial charge in [-0.2, -0.15) is 0 Å². The van der Waals surface area contributed by atoms with Crippen LogP contribution >= 0.6 is 7.82 Å². The summed E-state index contributed by atoms with van der Waals surface area (Å²) in [6.45, 7) is 0. The van der Waals surface area contributed by atoms with E-state index in [0.29, 0.717) is 0 Å². The van der Waals surface area contributed by atoms with E-state index in [1.807, 2.05) is 0 Å². The van der Waals surface area contributed by atoms with Crippen LogP contribution in [0.25, 0.3) is 0 Å². The molecular formula is H3O5PPb. The molecule has 0 aromatic heterocycles. The molecule has 0 saturated heterocycles. The van der Waals surface area contributed by atoms with Crippen LogP contribution in [0.2, 0.25) is 0 Å². The number of hydrogen-bond acceptors (Lipinski definition) is 2. The zero-order chi connectivity index (χ0) is 6.50. The third-order valence-electron chi connectivity index (χ3n) is 0. The van der Waals surface area contributed by atoms with Gasteiger partial charge in [0, 0.05) is 0 Å². The van der Waals surface area contributed by atoms with E-state index in [9.17, 15) is 0 Å². The molecule has 7 heavy (non-hydrogen) atoms. The first-order chi connectivity index (χ1) is 3.00. The molecule has 0 saturated carbocycles. The van der Waals surface area contributed by atoms with Crippen LogP contribution in [0.1, 0.15) is 0 Å². The fourth-order valence-corrected chi connectivity index (χ4v) is 0. The van der Waals surface area contributed by atoms with Gasteiger partial charge in [-0.05, 0) is 0 Å². The Labute approximate surface area is 55.8 Å². The normalized spacial score (nSPS) is 9.00. The van der Waals surface area contributed by atoms with Crippen molar-refractivity contribution < 1.29 is 21.9 Å². The van der Waals surface area contributed by atoms with Crippen molar-refractivity contribution >= 4 is 33.6 Å². The molecule has 0 aromatic carbocycles. The predicted molar refractivity (Wildman–Crippen MR) is 20.7 cm³/mol. The molecular weight excluding hydrogens is 318 g/mol. The van der Waals surface area contributed by atoms with Crippen LogP contribution in [-0.4, -0.2) is 40.5 Å². The SMILES string of the molecule is O=P(O)(O)O.[O]=[Pb]. The predicted octanol–water partition coefficient (Wildman–Crippen LogP) is -1.43. The van der Waals surface area contributed by atoms with Crippen LogP contribution < -0.4 is 0 Å². The van der Waals surface area contributed by atoms with Crippen molar-refractivity contribution in [3.63, 3.8) is 0 Å². The first kappa shape index (κ1) is 10.7. The van der Waals surface area contributed by atoms with Crippen LogP contribution in [-0.2, 0) is 7.25 Å². The maximum absolute atomic E-state index is 8.88. The van der Waals surface area contributed by atoms with Crippen molar-refractivity contribution in [1.29, 1.82) is 0 Å². The molecule has 0 bridgehead atoms. The van der Waals surface area contributed by atoms with E-state index in [1.165, 1.54) is 0 Å². The minimum atomic E-state index is -4.64. The van der Waals surface area contributed by atoms with Crippen LogP contribution in [0.5, 0.6) is 0 Å². The second kappa shape index (κ2) is 4.98. The van der Waals surface area contributed by atoms with E-state index in [-0.39, 0.29) is 25.8 Å². The Morgan fingerprint density at radius 2 is 1.14 bits per heavy atom. The van der Waals surface area contributed by atoms with Crippen molar-refractivity contribution in [1.82, 2.24) is 0 Å². The van der Waals surface area contributed by atoms with E-state index in [0.717, 1.165) is 0 Å². The molecule has 0 aliphatic rings. The molecule has 0 spiro atoms. The summed E-state index contributed by atoms with van der Waals surface area (Å²) >= 11 is 0.0556. The first-order valence-corrected chi connectivity index (χ1v) is 4.14. The summed E-state index contributed by atoms with van der Waals surface area (Å²) in [4.78, 5) is 21.6. The quantitative estimate of drug-likeness (QED) is 0.376. The second-order valence-electron chi connectivity index (χ2n) is 0.513. The fourth-order valence-electron chi connectivity index (χ4n) is 0. The van der Waals surface area contributed by atoms with Gasteiger partial charge < -0.3 is 14.7 Å². The summed E-state index contributed by atoms with van der Waals surface area (Å²) in [6.07, 6.45) is 0. The average Bonchev–Trinajstić information content (AvgIpc) is 1.36. The standard InChI is InChI=1S/H3O4P.O.Pb/c1-5(2,3)4;;/h(H3,1,2,3,4);;. The van der Waals surface area contributed by atoms with Crippen molar-refractivity contribution in [3.05, 3.63) is 0 Å². The van der Waals surface area contributed by atoms with Gasteiger partial charge in [-0.1, -0.05) is 0 Å². The number of phosphoric acid groups is 1. The van der Waals surface area contributed by atoms with Crippen molar-refractivity contribution in [2.75, 3.05) is 0 Å². The first-order valence-electron chi connectivity index (χ1n) is 0.987. The van der Waals surface area contributed by atoms with Crippen LogP contribution in [0.3, 0.4) is 0 Å². The number of hydrogen-bond donors (Lipinski definition) is 3. The van der Waals surface area contributed by atoms with E-state index in [4.69, 9.17) is 21.9 Å².